The van der Waals surface area contributed by atoms with E-state index in [0.717, 1.165) is 0 Å². The number of alkyl halides is 5. The van der Waals surface area contributed by atoms with Crippen LogP contribution in [0.25, 0.3) is 0 Å². The van der Waals surface area contributed by atoms with Crippen LogP contribution >= 0.6 is 12.4 Å². The molecule has 0 aromatic carbocycles. The number of aliphatic hydroxyl groups excluding tert-OH is 1. The van der Waals surface area contributed by atoms with Crippen LogP contribution in [0.3, 0.4) is 0 Å². The van der Waals surface area contributed by atoms with Crippen molar-refractivity contribution in [2.24, 2.45) is 0 Å². The maximum absolute atomic E-state index is 12.6. The highest BCUT2D eigenvalue weighted by Gasteiger charge is 2.63. The van der Waals surface area contributed by atoms with Gasteiger partial charge in [-0.15, -0.1) is 12.4 Å². The Morgan fingerprint density at radius 3 is 2.07 bits per heavy atom. The lowest BCUT2D eigenvalue weighted by Crippen LogP contribution is -2.54. The summed E-state index contributed by atoms with van der Waals surface area (Å²) in [6.07, 6.45) is -7.77. The Kier molecular flexibility index (Phi) is 4.75. The highest BCUT2D eigenvalue weighted by atomic mass is 35.5. The Balaban J connectivity index is 0.00000196. The number of hydrogen-bond acceptors (Lipinski definition) is 2. The molecule has 1 aliphatic heterocycles. The molecule has 2 unspecified atom stereocenters. The summed E-state index contributed by atoms with van der Waals surface area (Å²) < 4.78 is 60.5. The average molecular weight is 256 g/mol. The van der Waals surface area contributed by atoms with Gasteiger partial charge in [-0.1, -0.05) is 0 Å². The van der Waals surface area contributed by atoms with Crippen LogP contribution in [-0.2, 0) is 0 Å². The zero-order valence-corrected chi connectivity index (χ0v) is 8.34. The molecule has 1 aliphatic rings. The largest absolute Gasteiger partial charge is 0.456 e. The second-order valence-corrected chi connectivity index (χ2v) is 3.27. The first-order valence-electron chi connectivity index (χ1n) is 4.13. The van der Waals surface area contributed by atoms with Gasteiger partial charge in [0.1, 0.15) is 6.10 Å². The van der Waals surface area contributed by atoms with Crippen LogP contribution in [0.2, 0.25) is 0 Å². The Hall–Kier alpha value is -0.140. The molecule has 0 bridgehead atoms. The van der Waals surface area contributed by atoms with Gasteiger partial charge in [0.15, 0.2) is 0 Å². The molecule has 0 aromatic rings. The smallest absolute Gasteiger partial charge is 0.385 e. The SMILES string of the molecule is Cl.OC(C1CCCN1)C(F)(F)C(F)(F)F. The Morgan fingerprint density at radius 2 is 1.73 bits per heavy atom. The van der Waals surface area contributed by atoms with Crippen LogP contribution < -0.4 is 5.32 Å². The first kappa shape index (κ1) is 14.9. The van der Waals surface area contributed by atoms with Crippen molar-refractivity contribution in [2.45, 2.75) is 37.1 Å². The molecule has 2 atom stereocenters. The van der Waals surface area contributed by atoms with Gasteiger partial charge in [-0.3, -0.25) is 0 Å². The van der Waals surface area contributed by atoms with Gasteiger partial charge in [0.2, 0.25) is 0 Å². The fourth-order valence-electron chi connectivity index (χ4n) is 1.40. The lowest BCUT2D eigenvalue weighted by atomic mass is 10.0. The minimum absolute atomic E-state index is 0. The minimum atomic E-state index is -5.70. The molecular weight excluding hydrogens is 245 g/mol. The summed E-state index contributed by atoms with van der Waals surface area (Å²) in [6, 6.07) is -1.17. The van der Waals surface area contributed by atoms with Crippen molar-refractivity contribution in [3.63, 3.8) is 0 Å². The zero-order valence-electron chi connectivity index (χ0n) is 7.52. The van der Waals surface area contributed by atoms with Gasteiger partial charge in [0.05, 0.1) is 0 Å². The van der Waals surface area contributed by atoms with Crippen molar-refractivity contribution >= 4 is 12.4 Å². The molecule has 1 fully saturated rings. The topological polar surface area (TPSA) is 32.3 Å². The normalized spacial score (nSPS) is 24.8. The van der Waals surface area contributed by atoms with E-state index in [0.29, 0.717) is 13.0 Å². The Morgan fingerprint density at radius 1 is 1.20 bits per heavy atom. The predicted octanol–water partition coefficient (Wildman–Crippen LogP) is 1.72. The quantitative estimate of drug-likeness (QED) is 0.737. The monoisotopic (exact) mass is 255 g/mol. The van der Waals surface area contributed by atoms with Gasteiger partial charge in [-0.05, 0) is 19.4 Å². The third-order valence-corrected chi connectivity index (χ3v) is 2.23. The number of hydrogen-bond donors (Lipinski definition) is 2. The van der Waals surface area contributed by atoms with Crippen molar-refractivity contribution in [2.75, 3.05) is 6.54 Å². The molecule has 0 aromatic heterocycles. The Labute approximate surface area is 89.2 Å². The average Bonchev–Trinajstić information content (AvgIpc) is 2.52. The third-order valence-electron chi connectivity index (χ3n) is 2.23. The van der Waals surface area contributed by atoms with Gasteiger partial charge < -0.3 is 10.4 Å². The maximum atomic E-state index is 12.6. The standard InChI is InChI=1S/C7H10F5NO.ClH/c8-6(9,7(10,11)12)5(14)4-2-1-3-13-4;/h4-5,13-14H,1-3H2;1H. The highest BCUT2D eigenvalue weighted by Crippen LogP contribution is 2.40. The van der Waals surface area contributed by atoms with Crippen LogP contribution in [-0.4, -0.2) is 35.9 Å². The molecule has 0 aliphatic carbocycles. The molecule has 0 radical (unpaired) electrons. The molecule has 1 saturated heterocycles. The molecule has 1 rings (SSSR count). The van der Waals surface area contributed by atoms with Gasteiger partial charge in [-0.2, -0.15) is 22.0 Å². The first-order chi connectivity index (χ1) is 6.27. The van der Waals surface area contributed by atoms with Crippen molar-refractivity contribution in [3.05, 3.63) is 0 Å². The van der Waals surface area contributed by atoms with E-state index in [9.17, 15) is 22.0 Å². The highest BCUT2D eigenvalue weighted by molar-refractivity contribution is 5.85. The maximum Gasteiger partial charge on any atom is 0.456 e. The fraction of sp³-hybridized carbons (Fsp3) is 1.00. The summed E-state index contributed by atoms with van der Waals surface area (Å²) >= 11 is 0. The molecule has 2 nitrogen and oxygen atoms in total. The second kappa shape index (κ2) is 4.80. The summed E-state index contributed by atoms with van der Waals surface area (Å²) in [5.74, 6) is -5.05. The number of rotatable bonds is 2. The summed E-state index contributed by atoms with van der Waals surface area (Å²) in [5.41, 5.74) is 0. The van der Waals surface area contributed by atoms with Crippen LogP contribution in [0.4, 0.5) is 22.0 Å². The zero-order chi connectivity index (χ0) is 11.0. The van der Waals surface area contributed by atoms with Crippen LogP contribution in [0.1, 0.15) is 12.8 Å². The lowest BCUT2D eigenvalue weighted by molar-refractivity contribution is -0.315. The molecule has 0 saturated carbocycles. The van der Waals surface area contributed by atoms with E-state index in [1.165, 1.54) is 0 Å². The van der Waals surface area contributed by atoms with Crippen molar-refractivity contribution < 1.29 is 27.1 Å². The number of nitrogens with one attached hydrogen (secondary N) is 1. The predicted molar refractivity (Wildman–Crippen MR) is 45.3 cm³/mol. The molecule has 1 heterocycles. The molecule has 0 spiro atoms. The summed E-state index contributed by atoms with van der Waals surface area (Å²) in [5, 5.41) is 11.3. The third kappa shape index (κ3) is 2.92. The van der Waals surface area contributed by atoms with Crippen molar-refractivity contribution in [1.82, 2.24) is 5.32 Å². The Bertz CT molecular complexity index is 204. The number of halogens is 6. The van der Waals surface area contributed by atoms with Crippen LogP contribution in [0.15, 0.2) is 0 Å². The molecule has 0 amide bonds. The van der Waals surface area contributed by atoms with Crippen LogP contribution in [0, 0.1) is 0 Å². The minimum Gasteiger partial charge on any atom is -0.385 e. The van der Waals surface area contributed by atoms with E-state index in [2.05, 4.69) is 5.32 Å². The van der Waals surface area contributed by atoms with Gasteiger partial charge in [0, 0.05) is 6.04 Å². The van der Waals surface area contributed by atoms with E-state index in [1.54, 1.807) is 0 Å². The fourth-order valence-corrected chi connectivity index (χ4v) is 1.40. The summed E-state index contributed by atoms with van der Waals surface area (Å²) in [7, 11) is 0. The first-order valence-corrected chi connectivity index (χ1v) is 4.13. The molecule has 92 valence electrons. The van der Waals surface area contributed by atoms with E-state index >= 15 is 0 Å². The van der Waals surface area contributed by atoms with Gasteiger partial charge >= 0.3 is 12.1 Å². The van der Waals surface area contributed by atoms with Gasteiger partial charge in [0.25, 0.3) is 0 Å². The van der Waals surface area contributed by atoms with Crippen molar-refractivity contribution in [3.8, 4) is 0 Å². The lowest BCUT2D eigenvalue weighted by Gasteiger charge is -2.28. The van der Waals surface area contributed by atoms with E-state index < -0.39 is 24.2 Å². The summed E-state index contributed by atoms with van der Waals surface area (Å²) in [6.45, 7) is 0.357. The summed E-state index contributed by atoms with van der Waals surface area (Å²) in [4.78, 5) is 0. The second-order valence-electron chi connectivity index (χ2n) is 3.27. The van der Waals surface area contributed by atoms with Crippen molar-refractivity contribution in [1.29, 1.82) is 0 Å². The van der Waals surface area contributed by atoms with E-state index in [1.807, 2.05) is 0 Å². The van der Waals surface area contributed by atoms with Crippen LogP contribution in [0.5, 0.6) is 0 Å². The van der Waals surface area contributed by atoms with Gasteiger partial charge in [-0.25, -0.2) is 0 Å². The molecule has 8 heteroatoms. The molecule has 15 heavy (non-hydrogen) atoms. The molecule has 2 N–H and O–H groups in total. The molecular formula is C7H11ClF5NO. The number of aliphatic hydroxyl groups is 1. The van der Waals surface area contributed by atoms with E-state index in [-0.39, 0.29) is 18.8 Å². The van der Waals surface area contributed by atoms with E-state index in [4.69, 9.17) is 5.11 Å².